The van der Waals surface area contributed by atoms with Crippen LogP contribution in [-0.4, -0.2) is 35.3 Å². The van der Waals surface area contributed by atoms with Gasteiger partial charge in [-0.15, -0.1) is 0 Å². The minimum Gasteiger partial charge on any atom is -0.309 e. The molecule has 2 aromatic rings. The maximum Gasteiger partial charge on any atom is 0.0685 e. The van der Waals surface area contributed by atoms with Crippen molar-refractivity contribution in [3.05, 3.63) is 30.0 Å². The van der Waals surface area contributed by atoms with Crippen LogP contribution in [0.3, 0.4) is 0 Å². The van der Waals surface area contributed by atoms with Crippen LogP contribution in [0.25, 0.3) is 10.9 Å². The molecule has 3 nitrogen and oxygen atoms in total. The van der Waals surface area contributed by atoms with Crippen LogP contribution in [-0.2, 0) is 12.0 Å². The van der Waals surface area contributed by atoms with Gasteiger partial charge < -0.3 is 4.90 Å². The van der Waals surface area contributed by atoms with Crippen molar-refractivity contribution in [2.24, 2.45) is 0 Å². The van der Waals surface area contributed by atoms with Crippen molar-refractivity contribution in [1.29, 1.82) is 0 Å². The first-order valence-electron chi connectivity index (χ1n) is 6.99. The smallest absolute Gasteiger partial charge is 0.0685 e. The van der Waals surface area contributed by atoms with E-state index in [-0.39, 0.29) is 5.41 Å². The lowest BCUT2D eigenvalue weighted by Gasteiger charge is -2.19. The molecular formula is C16H25N3. The molecule has 0 saturated carbocycles. The second kappa shape index (κ2) is 5.33. The number of aromatic nitrogens is 2. The predicted molar refractivity (Wildman–Crippen MR) is 81.6 cm³/mol. The van der Waals surface area contributed by atoms with Crippen LogP contribution in [0.2, 0.25) is 0 Å². The molecule has 0 unspecified atom stereocenters. The molecule has 0 N–H and O–H groups in total. The summed E-state index contributed by atoms with van der Waals surface area (Å²) in [7, 11) is 4.22. The van der Waals surface area contributed by atoms with E-state index in [2.05, 4.69) is 67.7 Å². The van der Waals surface area contributed by atoms with Gasteiger partial charge in [-0.3, -0.25) is 4.68 Å². The second-order valence-corrected chi connectivity index (χ2v) is 6.55. The Morgan fingerprint density at radius 1 is 1.21 bits per heavy atom. The lowest BCUT2D eigenvalue weighted by atomic mass is 9.87. The molecule has 0 aliphatic carbocycles. The molecule has 0 radical (unpaired) electrons. The first kappa shape index (κ1) is 14.1. The molecule has 0 amide bonds. The number of hydrogen-bond donors (Lipinski definition) is 0. The van der Waals surface area contributed by atoms with Crippen LogP contribution in [0, 0.1) is 0 Å². The Hall–Kier alpha value is -1.35. The Kier molecular flexibility index (Phi) is 3.95. The van der Waals surface area contributed by atoms with E-state index in [1.807, 2.05) is 6.20 Å². The Bertz CT molecular complexity index is 547. The monoisotopic (exact) mass is 259 g/mol. The Balaban J connectivity index is 2.25. The van der Waals surface area contributed by atoms with Crippen LogP contribution >= 0.6 is 0 Å². The van der Waals surface area contributed by atoms with Crippen LogP contribution in [0.1, 0.15) is 32.8 Å². The fourth-order valence-corrected chi connectivity index (χ4v) is 2.25. The van der Waals surface area contributed by atoms with E-state index in [4.69, 9.17) is 0 Å². The number of rotatable bonds is 4. The summed E-state index contributed by atoms with van der Waals surface area (Å²) in [5, 5.41) is 5.75. The van der Waals surface area contributed by atoms with Crippen LogP contribution in [0.4, 0.5) is 0 Å². The first-order valence-corrected chi connectivity index (χ1v) is 6.99. The van der Waals surface area contributed by atoms with Gasteiger partial charge in [0.05, 0.1) is 11.7 Å². The second-order valence-electron chi connectivity index (χ2n) is 6.55. The highest BCUT2D eigenvalue weighted by atomic mass is 15.3. The lowest BCUT2D eigenvalue weighted by molar-refractivity contribution is 0.382. The van der Waals surface area contributed by atoms with E-state index in [0.29, 0.717) is 0 Å². The quantitative estimate of drug-likeness (QED) is 0.840. The number of benzene rings is 1. The number of nitrogens with zero attached hydrogens (tertiary/aromatic N) is 3. The summed E-state index contributed by atoms with van der Waals surface area (Å²) in [6.07, 6.45) is 3.10. The fraction of sp³-hybridized carbons (Fsp3) is 0.562. The van der Waals surface area contributed by atoms with Gasteiger partial charge in [0, 0.05) is 11.9 Å². The molecule has 0 saturated heterocycles. The van der Waals surface area contributed by atoms with Crippen LogP contribution in [0.5, 0.6) is 0 Å². The van der Waals surface area contributed by atoms with Crippen molar-refractivity contribution in [3.63, 3.8) is 0 Å². The molecule has 0 spiro atoms. The lowest BCUT2D eigenvalue weighted by Crippen LogP contribution is -2.15. The summed E-state index contributed by atoms with van der Waals surface area (Å²) in [6.45, 7) is 8.83. The Morgan fingerprint density at radius 3 is 2.58 bits per heavy atom. The minimum atomic E-state index is 0.187. The summed E-state index contributed by atoms with van der Waals surface area (Å²) in [6, 6.07) is 6.69. The zero-order valence-corrected chi connectivity index (χ0v) is 12.8. The number of aryl methyl sites for hydroxylation is 1. The van der Waals surface area contributed by atoms with E-state index in [1.54, 1.807) is 0 Å². The van der Waals surface area contributed by atoms with Gasteiger partial charge in [-0.25, -0.2) is 0 Å². The van der Waals surface area contributed by atoms with Gasteiger partial charge in [0.25, 0.3) is 0 Å². The normalized spacial score (nSPS) is 12.5. The van der Waals surface area contributed by atoms with Gasteiger partial charge in [0.2, 0.25) is 0 Å². The van der Waals surface area contributed by atoms with E-state index in [9.17, 15) is 0 Å². The summed E-state index contributed by atoms with van der Waals surface area (Å²) >= 11 is 0. The molecule has 1 aromatic carbocycles. The van der Waals surface area contributed by atoms with Gasteiger partial charge in [-0.2, -0.15) is 5.10 Å². The third-order valence-corrected chi connectivity index (χ3v) is 3.49. The summed E-state index contributed by atoms with van der Waals surface area (Å²) in [4.78, 5) is 2.21. The molecule has 1 aromatic heterocycles. The molecule has 0 bridgehead atoms. The maximum absolute atomic E-state index is 4.51. The average molecular weight is 259 g/mol. The third-order valence-electron chi connectivity index (χ3n) is 3.49. The predicted octanol–water partition coefficient (Wildman–Crippen LogP) is 3.29. The number of hydrogen-bond acceptors (Lipinski definition) is 2. The first-order chi connectivity index (χ1) is 8.88. The average Bonchev–Trinajstić information content (AvgIpc) is 2.70. The van der Waals surface area contributed by atoms with Gasteiger partial charge in [0.15, 0.2) is 0 Å². The highest BCUT2D eigenvalue weighted by molar-refractivity contribution is 5.79. The molecule has 104 valence electrons. The van der Waals surface area contributed by atoms with Crippen molar-refractivity contribution in [2.75, 3.05) is 20.6 Å². The highest BCUT2D eigenvalue weighted by Crippen LogP contribution is 2.26. The van der Waals surface area contributed by atoms with Crippen molar-refractivity contribution in [3.8, 4) is 0 Å². The van der Waals surface area contributed by atoms with E-state index < -0.39 is 0 Å². The zero-order chi connectivity index (χ0) is 14.0. The van der Waals surface area contributed by atoms with Gasteiger partial charge >= 0.3 is 0 Å². The van der Waals surface area contributed by atoms with Crippen molar-refractivity contribution in [2.45, 2.75) is 39.2 Å². The van der Waals surface area contributed by atoms with Gasteiger partial charge in [-0.05, 0) is 44.1 Å². The van der Waals surface area contributed by atoms with Crippen molar-refractivity contribution in [1.82, 2.24) is 14.7 Å². The largest absolute Gasteiger partial charge is 0.309 e. The van der Waals surface area contributed by atoms with Crippen molar-refractivity contribution < 1.29 is 0 Å². The molecular weight excluding hydrogens is 234 g/mol. The molecule has 0 aliphatic rings. The molecule has 0 fully saturated rings. The molecule has 1 heterocycles. The minimum absolute atomic E-state index is 0.187. The van der Waals surface area contributed by atoms with Gasteiger partial charge in [0.1, 0.15) is 0 Å². The molecule has 2 rings (SSSR count). The van der Waals surface area contributed by atoms with E-state index in [0.717, 1.165) is 19.5 Å². The maximum atomic E-state index is 4.51. The summed E-state index contributed by atoms with van der Waals surface area (Å²) in [5.74, 6) is 0. The number of fused-ring (bicyclic) bond motifs is 1. The summed E-state index contributed by atoms with van der Waals surface area (Å²) < 4.78 is 2.13. The van der Waals surface area contributed by atoms with E-state index >= 15 is 0 Å². The molecule has 3 heteroatoms. The van der Waals surface area contributed by atoms with E-state index in [1.165, 1.54) is 16.5 Å². The Morgan fingerprint density at radius 2 is 1.95 bits per heavy atom. The van der Waals surface area contributed by atoms with Gasteiger partial charge in [-0.1, -0.05) is 32.9 Å². The zero-order valence-electron chi connectivity index (χ0n) is 12.8. The highest BCUT2D eigenvalue weighted by Gasteiger charge is 2.15. The third kappa shape index (κ3) is 3.35. The van der Waals surface area contributed by atoms with Crippen molar-refractivity contribution >= 4 is 10.9 Å². The Labute approximate surface area is 116 Å². The summed E-state index contributed by atoms with van der Waals surface area (Å²) in [5.41, 5.74) is 2.81. The standard InChI is InChI=1S/C16H25N3/c1-16(2,3)14-8-7-13-12-17-19(15(13)11-14)10-6-9-18(4)5/h7-8,11-12H,6,9-10H2,1-5H3. The molecule has 0 aliphatic heterocycles. The topological polar surface area (TPSA) is 21.1 Å². The molecule has 0 atom stereocenters. The van der Waals surface area contributed by atoms with Crippen LogP contribution in [0.15, 0.2) is 24.4 Å². The van der Waals surface area contributed by atoms with Crippen LogP contribution < -0.4 is 0 Å². The SMILES string of the molecule is CN(C)CCCn1ncc2ccc(C(C)(C)C)cc21. The molecule has 19 heavy (non-hydrogen) atoms. The fourth-order valence-electron chi connectivity index (χ4n) is 2.25.